The fraction of sp³-hybridized carbons (Fsp3) is 0.286. The summed E-state index contributed by atoms with van der Waals surface area (Å²) in [5.41, 5.74) is 3.02. The van der Waals surface area contributed by atoms with E-state index in [-0.39, 0.29) is 11.4 Å². The first kappa shape index (κ1) is 18.9. The zero-order chi connectivity index (χ0) is 19.4. The Bertz CT molecular complexity index is 929. The topological polar surface area (TPSA) is 67.4 Å². The van der Waals surface area contributed by atoms with Crippen molar-refractivity contribution < 1.29 is 18.7 Å². The number of carboxylic acid groups (broad SMARTS) is 1. The van der Waals surface area contributed by atoms with Crippen molar-refractivity contribution in [3.8, 4) is 0 Å². The summed E-state index contributed by atoms with van der Waals surface area (Å²) in [7, 11) is 0. The Hall–Kier alpha value is -2.86. The number of carbonyl (C=O) groups is 1. The highest BCUT2D eigenvalue weighted by Gasteiger charge is 2.22. The molecular weight excluding hydrogens is 347 g/mol. The molecule has 0 bridgehead atoms. The fourth-order valence-electron chi connectivity index (χ4n) is 3.36. The van der Waals surface area contributed by atoms with E-state index in [0.29, 0.717) is 30.9 Å². The third-order valence-electron chi connectivity index (χ3n) is 4.84. The maximum absolute atomic E-state index is 14.0. The standard InChI is InChI=1S/C21H23FN2O3/c1-14-18(12-23-10-9-17-7-5-11-27-17)20(21(25)26)15(2)24(14)13-16-6-3-4-8-19(16)22/h3-8,11,23H,9-10,12-13H2,1-2H3,(H,25,26). The van der Waals surface area contributed by atoms with E-state index in [2.05, 4.69) is 5.32 Å². The molecule has 5 nitrogen and oxygen atoms in total. The SMILES string of the molecule is Cc1c(CNCCc2ccco2)c(C(=O)O)c(C)n1Cc1ccccc1F. The highest BCUT2D eigenvalue weighted by Crippen LogP contribution is 2.24. The van der Waals surface area contributed by atoms with Crippen LogP contribution in [0.5, 0.6) is 0 Å². The van der Waals surface area contributed by atoms with E-state index in [1.807, 2.05) is 23.6 Å². The van der Waals surface area contributed by atoms with Crippen molar-refractivity contribution in [2.24, 2.45) is 0 Å². The lowest BCUT2D eigenvalue weighted by Gasteiger charge is -2.11. The number of hydrogen-bond donors (Lipinski definition) is 2. The molecule has 3 aromatic rings. The minimum absolute atomic E-state index is 0.286. The van der Waals surface area contributed by atoms with Crippen molar-refractivity contribution in [2.75, 3.05) is 6.54 Å². The quantitative estimate of drug-likeness (QED) is 0.590. The van der Waals surface area contributed by atoms with Gasteiger partial charge in [-0.05, 0) is 32.0 Å². The molecule has 0 spiro atoms. The number of aromatic nitrogens is 1. The molecule has 6 heteroatoms. The van der Waals surface area contributed by atoms with Crippen molar-refractivity contribution in [1.29, 1.82) is 0 Å². The summed E-state index contributed by atoms with van der Waals surface area (Å²) in [5.74, 6) is -0.378. The van der Waals surface area contributed by atoms with Crippen molar-refractivity contribution in [1.82, 2.24) is 9.88 Å². The molecule has 3 rings (SSSR count). The van der Waals surface area contributed by atoms with Crippen LogP contribution in [0.3, 0.4) is 0 Å². The van der Waals surface area contributed by atoms with Crippen LogP contribution in [0.2, 0.25) is 0 Å². The Labute approximate surface area is 157 Å². The first-order chi connectivity index (χ1) is 13.0. The monoisotopic (exact) mass is 370 g/mol. The average Bonchev–Trinajstić information content (AvgIpc) is 3.22. The van der Waals surface area contributed by atoms with Gasteiger partial charge in [-0.25, -0.2) is 9.18 Å². The second-order valence-electron chi connectivity index (χ2n) is 6.51. The Morgan fingerprint density at radius 1 is 1.19 bits per heavy atom. The first-order valence-electron chi connectivity index (χ1n) is 8.87. The number of hydrogen-bond acceptors (Lipinski definition) is 3. The van der Waals surface area contributed by atoms with Gasteiger partial charge in [0.15, 0.2) is 0 Å². The minimum atomic E-state index is -0.967. The zero-order valence-electron chi connectivity index (χ0n) is 15.5. The van der Waals surface area contributed by atoms with Crippen LogP contribution in [0.25, 0.3) is 0 Å². The lowest BCUT2D eigenvalue weighted by atomic mass is 10.1. The number of rotatable bonds is 8. The zero-order valence-corrected chi connectivity index (χ0v) is 15.5. The van der Waals surface area contributed by atoms with Gasteiger partial charge in [0.1, 0.15) is 11.6 Å². The van der Waals surface area contributed by atoms with Gasteiger partial charge < -0.3 is 19.4 Å². The summed E-state index contributed by atoms with van der Waals surface area (Å²) in [4.78, 5) is 11.8. The molecular formula is C21H23FN2O3. The van der Waals surface area contributed by atoms with Crippen molar-refractivity contribution in [2.45, 2.75) is 33.4 Å². The molecule has 0 atom stereocenters. The first-order valence-corrected chi connectivity index (χ1v) is 8.87. The summed E-state index contributed by atoms with van der Waals surface area (Å²) in [6.07, 6.45) is 2.36. The highest BCUT2D eigenvalue weighted by atomic mass is 19.1. The van der Waals surface area contributed by atoms with Crippen molar-refractivity contribution in [3.05, 3.63) is 82.3 Å². The summed E-state index contributed by atoms with van der Waals surface area (Å²) in [6.45, 7) is 5.05. The lowest BCUT2D eigenvalue weighted by molar-refractivity contribution is 0.0694. The molecule has 27 heavy (non-hydrogen) atoms. The van der Waals surface area contributed by atoms with E-state index >= 15 is 0 Å². The lowest BCUT2D eigenvalue weighted by Crippen LogP contribution is -2.18. The average molecular weight is 370 g/mol. The molecule has 0 saturated carbocycles. The number of nitrogens with zero attached hydrogens (tertiary/aromatic N) is 1. The molecule has 0 aliphatic carbocycles. The van der Waals surface area contributed by atoms with Crippen molar-refractivity contribution >= 4 is 5.97 Å². The number of halogens is 1. The van der Waals surface area contributed by atoms with Crippen LogP contribution in [0.1, 0.15) is 38.6 Å². The summed E-state index contributed by atoms with van der Waals surface area (Å²) < 4.78 is 21.2. The molecule has 2 heterocycles. The Balaban J connectivity index is 1.80. The van der Waals surface area contributed by atoms with Gasteiger partial charge in [-0.15, -0.1) is 0 Å². The van der Waals surface area contributed by atoms with Gasteiger partial charge in [0.25, 0.3) is 0 Å². The second kappa shape index (κ2) is 8.22. The maximum atomic E-state index is 14.0. The van der Waals surface area contributed by atoms with Gasteiger partial charge in [0.05, 0.1) is 18.4 Å². The predicted molar refractivity (Wildman–Crippen MR) is 100 cm³/mol. The summed E-state index contributed by atoms with van der Waals surface area (Å²) in [6, 6.07) is 10.3. The molecule has 0 aliphatic heterocycles. The van der Waals surface area contributed by atoms with Crippen molar-refractivity contribution in [3.63, 3.8) is 0 Å². The minimum Gasteiger partial charge on any atom is -0.478 e. The van der Waals surface area contributed by atoms with E-state index in [9.17, 15) is 14.3 Å². The highest BCUT2D eigenvalue weighted by molar-refractivity contribution is 5.91. The van der Waals surface area contributed by atoms with Crippen LogP contribution >= 0.6 is 0 Å². The normalized spacial score (nSPS) is 11.1. The Morgan fingerprint density at radius 2 is 1.96 bits per heavy atom. The molecule has 2 aromatic heterocycles. The largest absolute Gasteiger partial charge is 0.478 e. The smallest absolute Gasteiger partial charge is 0.337 e. The number of furan rings is 1. The molecule has 0 radical (unpaired) electrons. The van der Waals surface area contributed by atoms with E-state index < -0.39 is 5.97 Å². The van der Waals surface area contributed by atoms with Gasteiger partial charge >= 0.3 is 5.97 Å². The van der Waals surface area contributed by atoms with Crippen LogP contribution in [0.4, 0.5) is 4.39 Å². The molecule has 0 fully saturated rings. The summed E-state index contributed by atoms with van der Waals surface area (Å²) in [5, 5.41) is 13.0. The van der Waals surface area contributed by atoms with Gasteiger partial charge in [-0.3, -0.25) is 0 Å². The van der Waals surface area contributed by atoms with Crippen LogP contribution in [-0.4, -0.2) is 22.2 Å². The molecule has 0 amide bonds. The van der Waals surface area contributed by atoms with Crippen LogP contribution < -0.4 is 5.32 Å². The van der Waals surface area contributed by atoms with Gasteiger partial charge in [0, 0.05) is 42.0 Å². The van der Waals surface area contributed by atoms with E-state index in [4.69, 9.17) is 4.42 Å². The van der Waals surface area contributed by atoms with Gasteiger partial charge in [0.2, 0.25) is 0 Å². The summed E-state index contributed by atoms with van der Waals surface area (Å²) >= 11 is 0. The molecule has 0 saturated heterocycles. The predicted octanol–water partition coefficient (Wildman–Crippen LogP) is 3.92. The van der Waals surface area contributed by atoms with Crippen LogP contribution in [0.15, 0.2) is 47.1 Å². The van der Waals surface area contributed by atoms with Gasteiger partial charge in [-0.2, -0.15) is 0 Å². The van der Waals surface area contributed by atoms with Crippen LogP contribution in [0, 0.1) is 19.7 Å². The molecule has 0 unspecified atom stereocenters. The van der Waals surface area contributed by atoms with E-state index in [0.717, 1.165) is 23.4 Å². The van der Waals surface area contributed by atoms with Crippen LogP contribution in [-0.2, 0) is 19.5 Å². The molecule has 0 aliphatic rings. The molecule has 1 aromatic carbocycles. The number of aromatic carboxylic acids is 1. The fourth-order valence-corrected chi connectivity index (χ4v) is 3.36. The number of benzene rings is 1. The number of carboxylic acids is 1. The second-order valence-corrected chi connectivity index (χ2v) is 6.51. The Kier molecular flexibility index (Phi) is 5.76. The number of nitrogens with one attached hydrogen (secondary N) is 1. The van der Waals surface area contributed by atoms with Gasteiger partial charge in [-0.1, -0.05) is 18.2 Å². The molecule has 2 N–H and O–H groups in total. The van der Waals surface area contributed by atoms with E-state index in [1.54, 1.807) is 31.4 Å². The maximum Gasteiger partial charge on any atom is 0.337 e. The van der Waals surface area contributed by atoms with E-state index in [1.165, 1.54) is 6.07 Å². The molecule has 142 valence electrons. The third-order valence-corrected chi connectivity index (χ3v) is 4.84. The third kappa shape index (κ3) is 4.11. The Morgan fingerprint density at radius 3 is 2.63 bits per heavy atom.